The van der Waals surface area contributed by atoms with Gasteiger partial charge in [0.1, 0.15) is 6.29 Å². The third-order valence-electron chi connectivity index (χ3n) is 10.4. The van der Waals surface area contributed by atoms with Crippen molar-refractivity contribution in [3.05, 3.63) is 46.3 Å². The van der Waals surface area contributed by atoms with E-state index in [1.54, 1.807) is 6.08 Å². The van der Waals surface area contributed by atoms with Gasteiger partial charge in [-0.2, -0.15) is 0 Å². The highest BCUT2D eigenvalue weighted by molar-refractivity contribution is 6.06. The van der Waals surface area contributed by atoms with Crippen molar-refractivity contribution in [3.8, 4) is 0 Å². The van der Waals surface area contributed by atoms with Crippen molar-refractivity contribution in [2.24, 2.45) is 39.2 Å². The number of allylic oxidation sites excluding steroid dienone is 7. The van der Waals surface area contributed by atoms with Gasteiger partial charge in [-0.3, -0.25) is 4.79 Å². The first-order valence-electron chi connectivity index (χ1n) is 12.6. The standard InChI is InChI=1S/C28H36O3.CH5N/c1-17-18-6-7-23-27(4,20(18)14-22(30)24(17)31)9-8-19-21-15-25(2,16-29)10-11-26(21,3)12-13-28(19,23)5;1-2/h6-7,14,16,19,21,31H,8-13,15H2,1-5H3;2H2,1H3/t19?,21?,25-,26?,27?,28?;/m1./s1. The normalized spacial score (nSPS) is 44.0. The third kappa shape index (κ3) is 3.27. The second-order valence-corrected chi connectivity index (χ2v) is 12.2. The highest BCUT2D eigenvalue weighted by Crippen LogP contribution is 2.70. The van der Waals surface area contributed by atoms with Crippen LogP contribution < -0.4 is 5.73 Å². The molecule has 3 saturated carbocycles. The van der Waals surface area contributed by atoms with Gasteiger partial charge in [0.2, 0.25) is 5.78 Å². The summed E-state index contributed by atoms with van der Waals surface area (Å²) in [4.78, 5) is 24.5. The van der Waals surface area contributed by atoms with Gasteiger partial charge in [-0.1, -0.05) is 45.4 Å². The van der Waals surface area contributed by atoms with E-state index in [1.165, 1.54) is 31.7 Å². The molecule has 0 heterocycles. The Morgan fingerprint density at radius 3 is 2.33 bits per heavy atom. The van der Waals surface area contributed by atoms with Crippen LogP contribution in [-0.4, -0.2) is 24.2 Å². The fraction of sp³-hybridized carbons (Fsp3) is 0.655. The number of aldehydes is 1. The van der Waals surface area contributed by atoms with Crippen molar-refractivity contribution in [1.82, 2.24) is 0 Å². The van der Waals surface area contributed by atoms with Crippen LogP contribution in [0.3, 0.4) is 0 Å². The summed E-state index contributed by atoms with van der Waals surface area (Å²) in [6.07, 6.45) is 15.1. The fourth-order valence-corrected chi connectivity index (χ4v) is 8.17. The molecule has 5 rings (SSSR count). The van der Waals surface area contributed by atoms with Gasteiger partial charge in [-0.25, -0.2) is 0 Å². The molecule has 5 aliphatic carbocycles. The minimum Gasteiger partial charge on any atom is -0.504 e. The highest BCUT2D eigenvalue weighted by atomic mass is 16.3. The quantitative estimate of drug-likeness (QED) is 0.479. The average molecular weight is 452 g/mol. The first-order valence-corrected chi connectivity index (χ1v) is 12.6. The predicted octanol–water partition coefficient (Wildman–Crippen LogP) is 6.00. The minimum atomic E-state index is -0.260. The summed E-state index contributed by atoms with van der Waals surface area (Å²) in [6.45, 7) is 11.3. The number of aliphatic hydroxyl groups excluding tert-OH is 1. The summed E-state index contributed by atoms with van der Waals surface area (Å²) < 4.78 is 0. The summed E-state index contributed by atoms with van der Waals surface area (Å²) in [5.74, 6) is 0.771. The lowest BCUT2D eigenvalue weighted by atomic mass is 9.40. The van der Waals surface area contributed by atoms with Crippen LogP contribution in [0, 0.1) is 33.5 Å². The van der Waals surface area contributed by atoms with Gasteiger partial charge in [0.05, 0.1) is 0 Å². The van der Waals surface area contributed by atoms with Crippen LogP contribution >= 0.6 is 0 Å². The Hall–Kier alpha value is -1.94. The number of rotatable bonds is 1. The number of nitrogens with two attached hydrogens (primary N) is 1. The van der Waals surface area contributed by atoms with Crippen LogP contribution in [0.5, 0.6) is 0 Å². The molecule has 4 heteroatoms. The summed E-state index contributed by atoms with van der Waals surface area (Å²) >= 11 is 0. The van der Waals surface area contributed by atoms with E-state index < -0.39 is 0 Å². The van der Waals surface area contributed by atoms with E-state index in [0.717, 1.165) is 43.3 Å². The van der Waals surface area contributed by atoms with E-state index in [1.807, 2.05) is 6.92 Å². The van der Waals surface area contributed by atoms with Crippen LogP contribution in [0.1, 0.15) is 79.6 Å². The van der Waals surface area contributed by atoms with Crippen molar-refractivity contribution in [2.45, 2.75) is 79.6 Å². The van der Waals surface area contributed by atoms with Gasteiger partial charge < -0.3 is 15.6 Å². The number of hydrogen-bond acceptors (Lipinski definition) is 4. The SMILES string of the molecule is CC1=C(O)C(=O)C=C2C1=CC=C1C2(C)CCC2C3C[C@](C)(C=O)CCC3(C)CCC12C.CN. The molecule has 4 nitrogen and oxygen atoms in total. The molecule has 0 saturated heterocycles. The number of carbonyl (C=O) groups excluding carboxylic acids is 2. The van der Waals surface area contributed by atoms with Gasteiger partial charge in [0.15, 0.2) is 5.76 Å². The molecule has 3 fully saturated rings. The topological polar surface area (TPSA) is 80.4 Å². The molecule has 0 radical (unpaired) electrons. The zero-order valence-corrected chi connectivity index (χ0v) is 21.3. The monoisotopic (exact) mass is 451 g/mol. The maximum atomic E-state index is 12.5. The summed E-state index contributed by atoms with van der Waals surface area (Å²) in [7, 11) is 1.50. The number of hydrogen-bond donors (Lipinski definition) is 2. The molecule has 0 bridgehead atoms. The van der Waals surface area contributed by atoms with Crippen LogP contribution in [0.4, 0.5) is 0 Å². The Kier molecular flexibility index (Phi) is 5.72. The Morgan fingerprint density at radius 1 is 1.00 bits per heavy atom. The Morgan fingerprint density at radius 2 is 1.67 bits per heavy atom. The van der Waals surface area contributed by atoms with Crippen molar-refractivity contribution in [2.75, 3.05) is 7.05 Å². The predicted molar refractivity (Wildman–Crippen MR) is 132 cm³/mol. The second kappa shape index (κ2) is 7.80. The van der Waals surface area contributed by atoms with E-state index in [9.17, 15) is 14.7 Å². The van der Waals surface area contributed by atoms with Crippen LogP contribution in [0.25, 0.3) is 0 Å². The van der Waals surface area contributed by atoms with Crippen molar-refractivity contribution in [1.29, 1.82) is 0 Å². The van der Waals surface area contributed by atoms with Crippen molar-refractivity contribution in [3.63, 3.8) is 0 Å². The number of fused-ring (bicyclic) bond motifs is 7. The lowest BCUT2D eigenvalue weighted by Crippen LogP contribution is -2.56. The molecule has 5 unspecified atom stereocenters. The Balaban J connectivity index is 0.00000126. The number of aliphatic hydroxyl groups is 1. The fourth-order valence-electron chi connectivity index (χ4n) is 8.17. The van der Waals surface area contributed by atoms with E-state index >= 15 is 0 Å². The molecule has 6 atom stereocenters. The van der Waals surface area contributed by atoms with Gasteiger partial charge in [-0.05, 0) is 98.8 Å². The highest BCUT2D eigenvalue weighted by Gasteiger charge is 2.61. The summed E-state index contributed by atoms with van der Waals surface area (Å²) in [5.41, 5.74) is 8.86. The van der Waals surface area contributed by atoms with Crippen molar-refractivity contribution >= 4 is 12.1 Å². The van der Waals surface area contributed by atoms with E-state index in [4.69, 9.17) is 0 Å². The molecule has 0 amide bonds. The molecule has 180 valence electrons. The second-order valence-electron chi connectivity index (χ2n) is 12.2. The van der Waals surface area contributed by atoms with E-state index in [-0.39, 0.29) is 27.8 Å². The average Bonchev–Trinajstić information content (AvgIpc) is 2.80. The zero-order valence-electron chi connectivity index (χ0n) is 21.3. The number of carbonyl (C=O) groups is 2. The maximum Gasteiger partial charge on any atom is 0.220 e. The van der Waals surface area contributed by atoms with Gasteiger partial charge >= 0.3 is 0 Å². The molecule has 3 N–H and O–H groups in total. The van der Waals surface area contributed by atoms with Crippen LogP contribution in [0.15, 0.2) is 46.3 Å². The first kappa shape index (κ1) is 24.2. The molecular weight excluding hydrogens is 410 g/mol. The van der Waals surface area contributed by atoms with Gasteiger partial charge in [0.25, 0.3) is 0 Å². The molecule has 0 aromatic heterocycles. The van der Waals surface area contributed by atoms with Crippen LogP contribution in [-0.2, 0) is 9.59 Å². The zero-order chi connectivity index (χ0) is 24.4. The van der Waals surface area contributed by atoms with Crippen LogP contribution in [0.2, 0.25) is 0 Å². The Bertz CT molecular complexity index is 1020. The molecule has 33 heavy (non-hydrogen) atoms. The first-order chi connectivity index (χ1) is 15.5. The minimum absolute atomic E-state index is 0.0847. The Labute approximate surface area is 199 Å². The molecular formula is C29H41NO3. The maximum absolute atomic E-state index is 12.5. The summed E-state index contributed by atoms with van der Waals surface area (Å²) in [5, 5.41) is 10.2. The van der Waals surface area contributed by atoms with E-state index in [0.29, 0.717) is 22.8 Å². The summed E-state index contributed by atoms with van der Waals surface area (Å²) in [6, 6.07) is 0. The molecule has 0 aromatic carbocycles. The molecule has 0 aromatic rings. The van der Waals surface area contributed by atoms with Gasteiger partial charge in [0, 0.05) is 16.4 Å². The molecule has 0 spiro atoms. The van der Waals surface area contributed by atoms with Gasteiger partial charge in [-0.15, -0.1) is 0 Å². The number of ketones is 1. The third-order valence-corrected chi connectivity index (χ3v) is 10.4. The smallest absolute Gasteiger partial charge is 0.220 e. The lowest BCUT2D eigenvalue weighted by Gasteiger charge is -2.64. The van der Waals surface area contributed by atoms with E-state index in [2.05, 4.69) is 45.6 Å². The lowest BCUT2D eigenvalue weighted by molar-refractivity contribution is -0.131. The molecule has 0 aliphatic heterocycles. The molecule has 5 aliphatic rings. The largest absolute Gasteiger partial charge is 0.504 e. The van der Waals surface area contributed by atoms with Crippen molar-refractivity contribution < 1.29 is 14.7 Å².